The molecular weight excluding hydrogens is 200 g/mol. The highest BCUT2D eigenvalue weighted by molar-refractivity contribution is 4.75. The van der Waals surface area contributed by atoms with Crippen LogP contribution in [-0.4, -0.2) is 49.8 Å². The van der Waals surface area contributed by atoms with Gasteiger partial charge in [0.15, 0.2) is 0 Å². The standard InChI is InChI=1S/C13H28N2O/c1-4-6-8-15(12(3)5-2)11-13-10-14-7-9-16-13/h12-14H,4-11H2,1-3H3. The average molecular weight is 228 g/mol. The topological polar surface area (TPSA) is 24.5 Å². The minimum atomic E-state index is 0.389. The first kappa shape index (κ1) is 13.9. The largest absolute Gasteiger partial charge is 0.374 e. The highest BCUT2D eigenvalue weighted by atomic mass is 16.5. The van der Waals surface area contributed by atoms with Crippen molar-refractivity contribution in [3.8, 4) is 0 Å². The molecule has 96 valence electrons. The summed E-state index contributed by atoms with van der Waals surface area (Å²) < 4.78 is 5.78. The van der Waals surface area contributed by atoms with Crippen molar-refractivity contribution in [1.29, 1.82) is 0 Å². The van der Waals surface area contributed by atoms with Crippen molar-refractivity contribution in [2.75, 3.05) is 32.8 Å². The summed E-state index contributed by atoms with van der Waals surface area (Å²) in [4.78, 5) is 2.58. The first-order chi connectivity index (χ1) is 7.77. The van der Waals surface area contributed by atoms with Gasteiger partial charge >= 0.3 is 0 Å². The summed E-state index contributed by atoms with van der Waals surface area (Å²) in [7, 11) is 0. The average Bonchev–Trinajstić information content (AvgIpc) is 2.34. The van der Waals surface area contributed by atoms with Gasteiger partial charge in [0, 0.05) is 25.7 Å². The Morgan fingerprint density at radius 1 is 1.44 bits per heavy atom. The van der Waals surface area contributed by atoms with Gasteiger partial charge in [-0.15, -0.1) is 0 Å². The molecular formula is C13H28N2O. The zero-order valence-corrected chi connectivity index (χ0v) is 11.2. The number of nitrogens with one attached hydrogen (secondary N) is 1. The minimum Gasteiger partial charge on any atom is -0.374 e. The third kappa shape index (κ3) is 4.81. The SMILES string of the molecule is CCCCN(CC1CNCCO1)C(C)CC. The van der Waals surface area contributed by atoms with Crippen LogP contribution in [0.4, 0.5) is 0 Å². The summed E-state index contributed by atoms with van der Waals surface area (Å²) in [6, 6.07) is 0.678. The van der Waals surface area contributed by atoms with Crippen molar-refractivity contribution in [2.45, 2.75) is 52.2 Å². The monoisotopic (exact) mass is 228 g/mol. The number of ether oxygens (including phenoxy) is 1. The number of nitrogens with zero attached hydrogens (tertiary/aromatic N) is 1. The van der Waals surface area contributed by atoms with Gasteiger partial charge in [-0.25, -0.2) is 0 Å². The molecule has 1 fully saturated rings. The molecule has 1 aliphatic rings. The van der Waals surface area contributed by atoms with E-state index in [1.807, 2.05) is 0 Å². The highest BCUT2D eigenvalue weighted by Crippen LogP contribution is 2.09. The number of unbranched alkanes of at least 4 members (excludes halogenated alkanes) is 1. The normalized spacial score (nSPS) is 23.6. The lowest BCUT2D eigenvalue weighted by atomic mass is 10.1. The zero-order valence-electron chi connectivity index (χ0n) is 11.2. The van der Waals surface area contributed by atoms with Crippen LogP contribution in [-0.2, 0) is 4.74 Å². The van der Waals surface area contributed by atoms with Crippen LogP contribution in [0.1, 0.15) is 40.0 Å². The molecule has 1 heterocycles. The Hall–Kier alpha value is -0.120. The molecule has 16 heavy (non-hydrogen) atoms. The second-order valence-corrected chi connectivity index (χ2v) is 4.80. The number of rotatable bonds is 7. The van der Waals surface area contributed by atoms with E-state index in [9.17, 15) is 0 Å². The Balaban J connectivity index is 2.34. The predicted octanol–water partition coefficient (Wildman–Crippen LogP) is 1.88. The van der Waals surface area contributed by atoms with Crippen LogP contribution in [0.5, 0.6) is 0 Å². The van der Waals surface area contributed by atoms with E-state index in [-0.39, 0.29) is 0 Å². The smallest absolute Gasteiger partial charge is 0.0826 e. The molecule has 1 aliphatic heterocycles. The molecule has 1 rings (SSSR count). The summed E-state index contributed by atoms with van der Waals surface area (Å²) in [5.74, 6) is 0. The Bertz CT molecular complexity index is 169. The molecule has 0 spiro atoms. The fourth-order valence-electron chi connectivity index (χ4n) is 2.11. The molecule has 2 unspecified atom stereocenters. The van der Waals surface area contributed by atoms with E-state index < -0.39 is 0 Å². The minimum absolute atomic E-state index is 0.389. The molecule has 0 saturated carbocycles. The number of hydrogen-bond acceptors (Lipinski definition) is 3. The molecule has 0 radical (unpaired) electrons. The predicted molar refractivity (Wildman–Crippen MR) is 68.8 cm³/mol. The van der Waals surface area contributed by atoms with Crippen LogP contribution in [0.3, 0.4) is 0 Å². The zero-order chi connectivity index (χ0) is 11.8. The van der Waals surface area contributed by atoms with Crippen LogP contribution in [0.25, 0.3) is 0 Å². The molecule has 0 aromatic heterocycles. The first-order valence-electron chi connectivity index (χ1n) is 6.84. The van der Waals surface area contributed by atoms with E-state index in [2.05, 4.69) is 31.0 Å². The van der Waals surface area contributed by atoms with Gasteiger partial charge in [-0.1, -0.05) is 20.3 Å². The van der Waals surface area contributed by atoms with Gasteiger partial charge in [0.25, 0.3) is 0 Å². The van der Waals surface area contributed by atoms with Crippen molar-refractivity contribution in [2.24, 2.45) is 0 Å². The Morgan fingerprint density at radius 3 is 2.81 bits per heavy atom. The quantitative estimate of drug-likeness (QED) is 0.720. The molecule has 2 atom stereocenters. The molecule has 1 saturated heterocycles. The maximum absolute atomic E-state index is 5.78. The van der Waals surface area contributed by atoms with Gasteiger partial charge < -0.3 is 10.1 Å². The van der Waals surface area contributed by atoms with Crippen molar-refractivity contribution in [3.05, 3.63) is 0 Å². The van der Waals surface area contributed by atoms with Crippen LogP contribution < -0.4 is 5.32 Å². The maximum Gasteiger partial charge on any atom is 0.0826 e. The van der Waals surface area contributed by atoms with Crippen molar-refractivity contribution in [3.63, 3.8) is 0 Å². The Kier molecular flexibility index (Phi) is 7.01. The first-order valence-corrected chi connectivity index (χ1v) is 6.84. The van der Waals surface area contributed by atoms with Gasteiger partial charge in [0.05, 0.1) is 12.7 Å². The van der Waals surface area contributed by atoms with Crippen LogP contribution in [0, 0.1) is 0 Å². The van der Waals surface area contributed by atoms with Crippen LogP contribution in [0.2, 0.25) is 0 Å². The lowest BCUT2D eigenvalue weighted by Crippen LogP contribution is -2.47. The summed E-state index contributed by atoms with van der Waals surface area (Å²) in [5, 5.41) is 3.40. The molecule has 3 nitrogen and oxygen atoms in total. The summed E-state index contributed by atoms with van der Waals surface area (Å²) in [6.07, 6.45) is 4.19. The number of morpholine rings is 1. The van der Waals surface area contributed by atoms with Gasteiger partial charge in [-0.2, -0.15) is 0 Å². The molecule has 0 bridgehead atoms. The van der Waals surface area contributed by atoms with E-state index in [0.29, 0.717) is 12.1 Å². The van der Waals surface area contributed by atoms with Gasteiger partial charge in [0.1, 0.15) is 0 Å². The summed E-state index contributed by atoms with van der Waals surface area (Å²) in [6.45, 7) is 12.0. The lowest BCUT2D eigenvalue weighted by Gasteiger charge is -2.33. The van der Waals surface area contributed by atoms with E-state index in [1.54, 1.807) is 0 Å². The van der Waals surface area contributed by atoms with E-state index in [0.717, 1.165) is 26.2 Å². The fourth-order valence-corrected chi connectivity index (χ4v) is 2.11. The van der Waals surface area contributed by atoms with Crippen molar-refractivity contribution in [1.82, 2.24) is 10.2 Å². The van der Waals surface area contributed by atoms with E-state index in [1.165, 1.54) is 25.8 Å². The third-order valence-electron chi connectivity index (χ3n) is 3.46. The second kappa shape index (κ2) is 8.04. The van der Waals surface area contributed by atoms with Crippen molar-refractivity contribution >= 4 is 0 Å². The second-order valence-electron chi connectivity index (χ2n) is 4.80. The summed E-state index contributed by atoms with van der Waals surface area (Å²) >= 11 is 0. The Labute approximate surface area is 101 Å². The number of hydrogen-bond donors (Lipinski definition) is 1. The van der Waals surface area contributed by atoms with Crippen LogP contribution >= 0.6 is 0 Å². The molecule has 3 heteroatoms. The van der Waals surface area contributed by atoms with Gasteiger partial charge in [0.2, 0.25) is 0 Å². The molecule has 0 aromatic rings. The molecule has 0 amide bonds. The van der Waals surface area contributed by atoms with E-state index in [4.69, 9.17) is 4.74 Å². The lowest BCUT2D eigenvalue weighted by molar-refractivity contribution is -0.00238. The summed E-state index contributed by atoms with van der Waals surface area (Å²) in [5.41, 5.74) is 0. The Morgan fingerprint density at radius 2 is 2.25 bits per heavy atom. The molecule has 1 N–H and O–H groups in total. The molecule has 0 aliphatic carbocycles. The van der Waals surface area contributed by atoms with Gasteiger partial charge in [-0.3, -0.25) is 4.90 Å². The third-order valence-corrected chi connectivity index (χ3v) is 3.46. The fraction of sp³-hybridized carbons (Fsp3) is 1.00. The van der Waals surface area contributed by atoms with Gasteiger partial charge in [-0.05, 0) is 26.3 Å². The van der Waals surface area contributed by atoms with Crippen LogP contribution in [0.15, 0.2) is 0 Å². The molecule has 0 aromatic carbocycles. The van der Waals surface area contributed by atoms with Crippen molar-refractivity contribution < 1.29 is 4.74 Å². The highest BCUT2D eigenvalue weighted by Gasteiger charge is 2.19. The van der Waals surface area contributed by atoms with E-state index >= 15 is 0 Å². The maximum atomic E-state index is 5.78.